The molecule has 2 N–H and O–H groups in total. The monoisotopic (exact) mass is 331 g/mol. The Hall–Kier alpha value is -3.63. The van der Waals surface area contributed by atoms with Crippen LogP contribution in [0.1, 0.15) is 24.3 Å². The summed E-state index contributed by atoms with van der Waals surface area (Å²) in [4.78, 5) is 10.4. The molecule has 0 fully saturated rings. The third kappa shape index (κ3) is 2.16. The molecule has 2 aliphatic rings. The molecule has 25 heavy (non-hydrogen) atoms. The van der Waals surface area contributed by atoms with E-state index in [0.717, 1.165) is 12.0 Å². The number of hydrogen-bond donors (Lipinski definition) is 1. The Morgan fingerprint density at radius 1 is 1.20 bits per heavy atom. The zero-order valence-electron chi connectivity index (χ0n) is 13.1. The van der Waals surface area contributed by atoms with E-state index in [-0.39, 0.29) is 22.9 Å². The molecule has 1 aromatic carbocycles. The number of nitro groups is 1. The average molecular weight is 331 g/mol. The summed E-state index contributed by atoms with van der Waals surface area (Å²) in [6.45, 7) is 0. The van der Waals surface area contributed by atoms with E-state index in [1.807, 2.05) is 24.3 Å². The molecule has 0 saturated carbocycles. The van der Waals surface area contributed by atoms with E-state index in [1.165, 1.54) is 12.1 Å². The summed E-state index contributed by atoms with van der Waals surface area (Å²) in [7, 11) is 0. The minimum Gasteiger partial charge on any atom is -0.399 e. The van der Waals surface area contributed by atoms with E-state index in [4.69, 9.17) is 5.73 Å². The molecule has 2 atom stereocenters. The molecule has 2 aliphatic carbocycles. The summed E-state index contributed by atoms with van der Waals surface area (Å²) in [5.41, 5.74) is 5.95. The Morgan fingerprint density at radius 2 is 1.84 bits per heavy atom. The van der Waals surface area contributed by atoms with Crippen LogP contribution in [0.4, 0.5) is 5.69 Å². The van der Waals surface area contributed by atoms with E-state index in [9.17, 15) is 25.9 Å². The van der Waals surface area contributed by atoms with Gasteiger partial charge in [0.05, 0.1) is 28.3 Å². The predicted molar refractivity (Wildman–Crippen MR) is 87.1 cm³/mol. The van der Waals surface area contributed by atoms with Crippen molar-refractivity contribution >= 4 is 5.69 Å². The zero-order chi connectivity index (χ0) is 18.2. The molecule has 0 spiro atoms. The maximum atomic E-state index is 10.9. The van der Waals surface area contributed by atoms with Crippen LogP contribution in [0.15, 0.2) is 47.2 Å². The molecule has 0 amide bonds. The van der Waals surface area contributed by atoms with E-state index in [0.29, 0.717) is 12.0 Å². The zero-order valence-corrected chi connectivity index (χ0v) is 13.1. The lowest BCUT2D eigenvalue weighted by atomic mass is 9.59. The van der Waals surface area contributed by atoms with Gasteiger partial charge in [0, 0.05) is 18.1 Å². The van der Waals surface area contributed by atoms with Gasteiger partial charge in [-0.25, -0.2) is 0 Å². The van der Waals surface area contributed by atoms with Gasteiger partial charge in [-0.2, -0.15) is 15.8 Å². The van der Waals surface area contributed by atoms with Crippen LogP contribution < -0.4 is 5.73 Å². The molecule has 7 heteroatoms. The normalized spacial score (nSPS) is 23.6. The summed E-state index contributed by atoms with van der Waals surface area (Å²) in [5.74, 6) is -0.767. The third-order valence-electron chi connectivity index (χ3n) is 5.02. The molecule has 7 nitrogen and oxygen atoms in total. The summed E-state index contributed by atoms with van der Waals surface area (Å²) >= 11 is 0. The fourth-order valence-corrected chi connectivity index (χ4v) is 3.88. The predicted octanol–water partition coefficient (Wildman–Crippen LogP) is 2.80. The van der Waals surface area contributed by atoms with Gasteiger partial charge in [-0.1, -0.05) is 18.2 Å². The minimum atomic E-state index is -1.67. The van der Waals surface area contributed by atoms with Crippen molar-refractivity contribution in [2.75, 3.05) is 0 Å². The number of nitro benzene ring substituents is 1. The minimum absolute atomic E-state index is 0.0345. The number of rotatable bonds is 2. The lowest BCUT2D eigenvalue weighted by Gasteiger charge is -2.40. The molecule has 3 rings (SSSR count). The van der Waals surface area contributed by atoms with Crippen LogP contribution in [0.25, 0.3) is 0 Å². The largest absolute Gasteiger partial charge is 0.399 e. The van der Waals surface area contributed by atoms with Gasteiger partial charge < -0.3 is 5.73 Å². The summed E-state index contributed by atoms with van der Waals surface area (Å²) in [6, 6.07) is 11.9. The molecule has 0 radical (unpaired) electrons. The first-order valence-electron chi connectivity index (χ1n) is 7.67. The van der Waals surface area contributed by atoms with E-state index in [2.05, 4.69) is 0 Å². The smallest absolute Gasteiger partial charge is 0.269 e. The Bertz CT molecular complexity index is 924. The van der Waals surface area contributed by atoms with Crippen LogP contribution in [0.2, 0.25) is 0 Å². The number of fused-ring (bicyclic) bond motifs is 1. The van der Waals surface area contributed by atoms with Crippen molar-refractivity contribution in [3.63, 3.8) is 0 Å². The van der Waals surface area contributed by atoms with Crippen LogP contribution in [0.3, 0.4) is 0 Å². The number of allylic oxidation sites excluding steroid dienone is 4. The highest BCUT2D eigenvalue weighted by Gasteiger charge is 2.54. The highest BCUT2D eigenvalue weighted by Crippen LogP contribution is 2.56. The Labute approximate surface area is 144 Å². The number of hydrogen-bond acceptors (Lipinski definition) is 6. The van der Waals surface area contributed by atoms with Gasteiger partial charge in [0.1, 0.15) is 6.07 Å². The molecule has 0 saturated heterocycles. The van der Waals surface area contributed by atoms with Gasteiger partial charge in [-0.15, -0.1) is 0 Å². The van der Waals surface area contributed by atoms with Crippen LogP contribution in [-0.2, 0) is 0 Å². The van der Waals surface area contributed by atoms with Crippen molar-refractivity contribution in [3.05, 3.63) is 62.9 Å². The van der Waals surface area contributed by atoms with Gasteiger partial charge >= 0.3 is 0 Å². The Morgan fingerprint density at radius 3 is 2.36 bits per heavy atom. The average Bonchev–Trinajstić information content (AvgIpc) is 3.09. The lowest BCUT2D eigenvalue weighted by Crippen LogP contribution is -2.41. The molecule has 0 bridgehead atoms. The van der Waals surface area contributed by atoms with Crippen molar-refractivity contribution < 1.29 is 4.92 Å². The molecular weight excluding hydrogens is 318 g/mol. The quantitative estimate of drug-likeness (QED) is 0.652. The fraction of sp³-hybridized carbons (Fsp3) is 0.278. The SMILES string of the molecule is N#CC1=C(N)C(C#N)(C#N)C(c2ccc([N+](=O)[O-])cc2)C2CCC=C12. The van der Waals surface area contributed by atoms with Crippen LogP contribution in [-0.4, -0.2) is 4.92 Å². The number of benzene rings is 1. The molecule has 2 unspecified atom stereocenters. The van der Waals surface area contributed by atoms with Crippen LogP contribution >= 0.6 is 0 Å². The summed E-state index contributed by atoms with van der Waals surface area (Å²) in [6.07, 6.45) is 3.35. The number of nitrogens with zero attached hydrogens (tertiary/aromatic N) is 4. The van der Waals surface area contributed by atoms with Crippen molar-refractivity contribution in [2.24, 2.45) is 17.1 Å². The second-order valence-electron chi connectivity index (χ2n) is 6.10. The van der Waals surface area contributed by atoms with Gasteiger partial charge in [0.25, 0.3) is 5.69 Å². The lowest BCUT2D eigenvalue weighted by molar-refractivity contribution is -0.384. The standard InChI is InChI=1S/C18H13N5O2/c19-8-15-13-2-1-3-14(13)16(18(9-20,10-21)17(15)22)11-4-6-12(7-5-11)23(24)25/h2,4-7,14,16H,1,3,22H2. The first-order valence-corrected chi connectivity index (χ1v) is 7.67. The third-order valence-corrected chi connectivity index (χ3v) is 5.02. The molecule has 0 aliphatic heterocycles. The van der Waals surface area contributed by atoms with E-state index < -0.39 is 16.3 Å². The van der Waals surface area contributed by atoms with Gasteiger partial charge in [0.2, 0.25) is 0 Å². The van der Waals surface area contributed by atoms with Gasteiger partial charge in [0.15, 0.2) is 5.41 Å². The van der Waals surface area contributed by atoms with Crippen molar-refractivity contribution in [3.8, 4) is 18.2 Å². The molecular formula is C18H13N5O2. The summed E-state index contributed by atoms with van der Waals surface area (Å²) in [5, 5.41) is 39.9. The number of nitriles is 3. The maximum absolute atomic E-state index is 10.9. The van der Waals surface area contributed by atoms with Gasteiger partial charge in [-0.05, 0) is 29.9 Å². The second-order valence-corrected chi connectivity index (χ2v) is 6.10. The molecule has 0 heterocycles. The first kappa shape index (κ1) is 16.2. The van der Waals surface area contributed by atoms with Crippen molar-refractivity contribution in [1.82, 2.24) is 0 Å². The Balaban J connectivity index is 2.24. The van der Waals surface area contributed by atoms with E-state index in [1.54, 1.807) is 12.1 Å². The number of nitrogens with two attached hydrogens (primary N) is 1. The van der Waals surface area contributed by atoms with E-state index >= 15 is 0 Å². The highest BCUT2D eigenvalue weighted by atomic mass is 16.6. The maximum Gasteiger partial charge on any atom is 0.269 e. The molecule has 0 aromatic heterocycles. The number of non-ortho nitro benzene ring substituents is 1. The fourth-order valence-electron chi connectivity index (χ4n) is 3.88. The topological polar surface area (TPSA) is 141 Å². The Kier molecular flexibility index (Phi) is 3.75. The van der Waals surface area contributed by atoms with Crippen LogP contribution in [0, 0.1) is 55.4 Å². The van der Waals surface area contributed by atoms with Crippen molar-refractivity contribution in [1.29, 1.82) is 15.8 Å². The van der Waals surface area contributed by atoms with Gasteiger partial charge in [-0.3, -0.25) is 10.1 Å². The molecule has 122 valence electrons. The highest BCUT2D eigenvalue weighted by molar-refractivity contribution is 5.59. The van der Waals surface area contributed by atoms with Crippen molar-refractivity contribution in [2.45, 2.75) is 18.8 Å². The second kappa shape index (κ2) is 5.78. The first-order chi connectivity index (χ1) is 12.0. The molecule has 1 aromatic rings. The summed E-state index contributed by atoms with van der Waals surface area (Å²) < 4.78 is 0. The van der Waals surface area contributed by atoms with Crippen LogP contribution in [0.5, 0.6) is 0 Å².